The molecule has 0 aliphatic carbocycles. The minimum absolute atomic E-state index is 0.473. The second kappa shape index (κ2) is 10.6. The number of hydrazine groups is 1. The zero-order valence-corrected chi connectivity index (χ0v) is 11.0. The van der Waals surface area contributed by atoms with Crippen molar-refractivity contribution in [2.45, 2.75) is 6.42 Å². The van der Waals surface area contributed by atoms with Crippen LogP contribution in [-0.2, 0) is 4.74 Å². The van der Waals surface area contributed by atoms with Crippen LogP contribution in [0.1, 0.15) is 6.42 Å². The van der Waals surface area contributed by atoms with Crippen LogP contribution >= 0.6 is 24.4 Å². The van der Waals surface area contributed by atoms with Crippen molar-refractivity contribution in [1.29, 1.82) is 0 Å². The lowest BCUT2D eigenvalue weighted by molar-refractivity contribution is 0.195. The minimum Gasteiger partial charge on any atom is -0.385 e. The number of ether oxygens (including phenoxy) is 1. The normalized spacial score (nSPS) is 9.06. The molecule has 0 bridgehead atoms. The van der Waals surface area contributed by atoms with E-state index in [9.17, 15) is 0 Å². The van der Waals surface area contributed by atoms with E-state index in [2.05, 4.69) is 28.1 Å². The van der Waals surface area contributed by atoms with Crippen LogP contribution < -0.4 is 21.5 Å². The monoisotopic (exact) mass is 262 g/mol. The molecule has 0 radical (unpaired) electrons. The Bertz CT molecular complexity index is 236. The third-order valence-corrected chi connectivity index (χ3v) is 2.00. The van der Waals surface area contributed by atoms with Crippen molar-refractivity contribution in [3.8, 4) is 0 Å². The molecule has 0 aromatic carbocycles. The molecule has 0 saturated carbocycles. The standard InChI is InChI=1S/C9H18N4OS2/c1-3-5-10-8(15)12-13-9(16)11-6-4-7-14-2/h3H,1,4-7H2,2H3,(H2,10,12,15)(H2,11,13,16). The highest BCUT2D eigenvalue weighted by atomic mass is 32.1. The molecule has 92 valence electrons. The summed E-state index contributed by atoms with van der Waals surface area (Å²) in [5.74, 6) is 0. The van der Waals surface area contributed by atoms with Crippen molar-refractivity contribution in [3.63, 3.8) is 0 Å². The first-order valence-corrected chi connectivity index (χ1v) is 5.70. The summed E-state index contributed by atoms with van der Waals surface area (Å²) >= 11 is 9.95. The molecule has 0 amide bonds. The van der Waals surface area contributed by atoms with Crippen LogP contribution in [0.25, 0.3) is 0 Å². The lowest BCUT2D eigenvalue weighted by Gasteiger charge is -2.13. The molecule has 0 aliphatic rings. The lowest BCUT2D eigenvalue weighted by Crippen LogP contribution is -2.50. The van der Waals surface area contributed by atoms with Gasteiger partial charge in [0.15, 0.2) is 10.2 Å². The van der Waals surface area contributed by atoms with Gasteiger partial charge in [0.05, 0.1) is 0 Å². The van der Waals surface area contributed by atoms with E-state index in [4.69, 9.17) is 29.2 Å². The largest absolute Gasteiger partial charge is 0.385 e. The van der Waals surface area contributed by atoms with E-state index in [1.807, 2.05) is 0 Å². The molecule has 16 heavy (non-hydrogen) atoms. The highest BCUT2D eigenvalue weighted by molar-refractivity contribution is 7.80. The summed E-state index contributed by atoms with van der Waals surface area (Å²) in [5, 5.41) is 6.87. The van der Waals surface area contributed by atoms with Crippen LogP contribution in [0.2, 0.25) is 0 Å². The van der Waals surface area contributed by atoms with Gasteiger partial charge in [-0.3, -0.25) is 10.9 Å². The molecule has 0 aromatic rings. The first kappa shape index (κ1) is 15.1. The van der Waals surface area contributed by atoms with Crippen LogP contribution in [0, 0.1) is 0 Å². The van der Waals surface area contributed by atoms with E-state index in [1.165, 1.54) is 0 Å². The third-order valence-electron chi connectivity index (χ3n) is 1.51. The number of rotatable bonds is 6. The Balaban J connectivity index is 3.42. The van der Waals surface area contributed by atoms with E-state index in [-0.39, 0.29) is 0 Å². The van der Waals surface area contributed by atoms with Crippen LogP contribution in [0.15, 0.2) is 12.7 Å². The van der Waals surface area contributed by atoms with Crippen molar-refractivity contribution >= 4 is 34.7 Å². The van der Waals surface area contributed by atoms with Gasteiger partial charge in [-0.15, -0.1) is 6.58 Å². The molecule has 5 nitrogen and oxygen atoms in total. The maximum Gasteiger partial charge on any atom is 0.185 e. The second-order valence-corrected chi connectivity index (χ2v) is 3.67. The molecular weight excluding hydrogens is 244 g/mol. The zero-order chi connectivity index (χ0) is 12.2. The van der Waals surface area contributed by atoms with Gasteiger partial charge in [-0.05, 0) is 30.9 Å². The topological polar surface area (TPSA) is 57.3 Å². The number of methoxy groups -OCH3 is 1. The number of hydrogen-bond donors (Lipinski definition) is 4. The Kier molecular flexibility index (Phi) is 9.98. The fourth-order valence-electron chi connectivity index (χ4n) is 0.785. The molecule has 0 fully saturated rings. The van der Waals surface area contributed by atoms with Crippen molar-refractivity contribution in [2.24, 2.45) is 0 Å². The molecule has 0 rings (SSSR count). The SMILES string of the molecule is C=CCNC(=S)NNC(=S)NCCCOC. The average Bonchev–Trinajstić information content (AvgIpc) is 2.29. The molecule has 0 heterocycles. The van der Waals surface area contributed by atoms with Gasteiger partial charge in [0, 0.05) is 26.8 Å². The van der Waals surface area contributed by atoms with Gasteiger partial charge in [0.2, 0.25) is 0 Å². The Morgan fingerprint density at radius 3 is 2.44 bits per heavy atom. The van der Waals surface area contributed by atoms with Crippen molar-refractivity contribution < 1.29 is 4.74 Å². The van der Waals surface area contributed by atoms with E-state index in [0.29, 0.717) is 23.4 Å². The molecular formula is C9H18N4OS2. The summed E-state index contributed by atoms with van der Waals surface area (Å²) in [5.41, 5.74) is 5.51. The van der Waals surface area contributed by atoms with Gasteiger partial charge in [-0.2, -0.15) is 0 Å². The molecule has 4 N–H and O–H groups in total. The summed E-state index contributed by atoms with van der Waals surface area (Å²) in [6, 6.07) is 0. The van der Waals surface area contributed by atoms with Gasteiger partial charge in [-0.1, -0.05) is 6.08 Å². The first-order valence-electron chi connectivity index (χ1n) is 4.88. The predicted octanol–water partition coefficient (Wildman–Crippen LogP) is 0.0521. The Morgan fingerprint density at radius 2 is 1.88 bits per heavy atom. The molecule has 0 unspecified atom stereocenters. The summed E-state index contributed by atoms with van der Waals surface area (Å²) in [6.07, 6.45) is 2.62. The Hall–Kier alpha value is -0.920. The fraction of sp³-hybridized carbons (Fsp3) is 0.556. The Morgan fingerprint density at radius 1 is 1.25 bits per heavy atom. The summed E-state index contributed by atoms with van der Waals surface area (Å²) in [6.45, 7) is 5.65. The smallest absolute Gasteiger partial charge is 0.185 e. The quantitative estimate of drug-likeness (QED) is 0.234. The van der Waals surface area contributed by atoms with E-state index < -0.39 is 0 Å². The van der Waals surface area contributed by atoms with Gasteiger partial charge < -0.3 is 15.4 Å². The summed E-state index contributed by atoms with van der Waals surface area (Å²) in [7, 11) is 1.67. The van der Waals surface area contributed by atoms with Gasteiger partial charge in [-0.25, -0.2) is 0 Å². The van der Waals surface area contributed by atoms with E-state index in [1.54, 1.807) is 13.2 Å². The molecule has 0 spiro atoms. The highest BCUT2D eigenvalue weighted by Gasteiger charge is 1.95. The average molecular weight is 262 g/mol. The van der Waals surface area contributed by atoms with Crippen molar-refractivity contribution in [3.05, 3.63) is 12.7 Å². The van der Waals surface area contributed by atoms with Crippen molar-refractivity contribution in [1.82, 2.24) is 21.5 Å². The second-order valence-electron chi connectivity index (χ2n) is 2.85. The van der Waals surface area contributed by atoms with Crippen LogP contribution in [-0.4, -0.2) is 37.0 Å². The van der Waals surface area contributed by atoms with Crippen molar-refractivity contribution in [2.75, 3.05) is 26.8 Å². The molecule has 7 heteroatoms. The summed E-state index contributed by atoms with van der Waals surface area (Å²) < 4.78 is 4.91. The zero-order valence-electron chi connectivity index (χ0n) is 9.34. The molecule has 0 aromatic heterocycles. The van der Waals surface area contributed by atoms with E-state index >= 15 is 0 Å². The maximum absolute atomic E-state index is 5.00. The molecule has 0 atom stereocenters. The van der Waals surface area contributed by atoms with Gasteiger partial charge in [0.25, 0.3) is 0 Å². The van der Waals surface area contributed by atoms with Crippen LogP contribution in [0.4, 0.5) is 0 Å². The first-order chi connectivity index (χ1) is 7.70. The van der Waals surface area contributed by atoms with Crippen LogP contribution in [0.3, 0.4) is 0 Å². The highest BCUT2D eigenvalue weighted by Crippen LogP contribution is 1.76. The molecule has 0 saturated heterocycles. The van der Waals surface area contributed by atoms with Gasteiger partial charge in [0.1, 0.15) is 0 Å². The third kappa shape index (κ3) is 9.63. The fourth-order valence-corrected chi connectivity index (χ4v) is 1.07. The molecule has 0 aliphatic heterocycles. The maximum atomic E-state index is 5.00. The van der Waals surface area contributed by atoms with Crippen LogP contribution in [0.5, 0.6) is 0 Å². The lowest BCUT2D eigenvalue weighted by atomic mass is 10.4. The number of hydrogen-bond acceptors (Lipinski definition) is 3. The summed E-state index contributed by atoms with van der Waals surface area (Å²) in [4.78, 5) is 0. The van der Waals surface area contributed by atoms with Gasteiger partial charge >= 0.3 is 0 Å². The number of nitrogens with one attached hydrogen (secondary N) is 4. The predicted molar refractivity (Wildman–Crippen MR) is 74.2 cm³/mol. The van der Waals surface area contributed by atoms with E-state index in [0.717, 1.165) is 13.0 Å². The minimum atomic E-state index is 0.473. The Labute approximate surface area is 107 Å². The number of thiocarbonyl (C=S) groups is 2.